The molecule has 0 aliphatic carbocycles. The van der Waals surface area contributed by atoms with Gasteiger partial charge in [-0.1, -0.05) is 30.3 Å². The van der Waals surface area contributed by atoms with Crippen LogP contribution in [0.4, 0.5) is 0 Å². The van der Waals surface area contributed by atoms with Crippen molar-refractivity contribution in [2.45, 2.75) is 43.4 Å². The summed E-state index contributed by atoms with van der Waals surface area (Å²) in [7, 11) is 0. The van der Waals surface area contributed by atoms with Crippen LogP contribution in [-0.4, -0.2) is 85.7 Å². The molecule has 14 heteroatoms. The Balaban J connectivity index is 2.10. The topological polar surface area (TPSA) is 237 Å². The summed E-state index contributed by atoms with van der Waals surface area (Å²) in [5, 5.41) is 34.9. The fraction of sp³-hybridized carbons (Fsp3) is 0.364. The minimum atomic E-state index is -1.54. The predicted octanol–water partition coefficient (Wildman–Crippen LogP) is -2.47. The number of aliphatic carboxylic acids is 2. The van der Waals surface area contributed by atoms with Gasteiger partial charge in [-0.3, -0.25) is 19.2 Å². The first-order valence-corrected chi connectivity index (χ1v) is 10.8. The molecular weight excluding hydrogens is 476 g/mol. The Morgan fingerprint density at radius 1 is 0.889 bits per heavy atom. The van der Waals surface area contributed by atoms with Gasteiger partial charge in [0.25, 0.3) is 0 Å². The number of nitrogens with two attached hydrogens (primary N) is 1. The van der Waals surface area contributed by atoms with Crippen molar-refractivity contribution < 1.29 is 39.3 Å². The smallest absolute Gasteiger partial charge is 0.326 e. The lowest BCUT2D eigenvalue weighted by Gasteiger charge is -2.24. The molecule has 194 valence electrons. The van der Waals surface area contributed by atoms with Gasteiger partial charge in [-0.05, 0) is 5.56 Å². The molecular formula is C22H28N6O8. The first-order chi connectivity index (χ1) is 17.1. The van der Waals surface area contributed by atoms with Crippen LogP contribution in [0.2, 0.25) is 0 Å². The molecule has 1 heterocycles. The average molecular weight is 505 g/mol. The Bertz CT molecular complexity index is 1050. The van der Waals surface area contributed by atoms with Gasteiger partial charge in [0.15, 0.2) is 0 Å². The van der Waals surface area contributed by atoms with E-state index in [0.29, 0.717) is 11.3 Å². The zero-order chi connectivity index (χ0) is 26.7. The zero-order valence-electron chi connectivity index (χ0n) is 19.1. The maximum atomic E-state index is 12.9. The van der Waals surface area contributed by atoms with Gasteiger partial charge in [-0.2, -0.15) is 0 Å². The first kappa shape index (κ1) is 27.9. The lowest BCUT2D eigenvalue weighted by molar-refractivity contribution is -0.142. The van der Waals surface area contributed by atoms with Crippen LogP contribution in [0.1, 0.15) is 17.7 Å². The van der Waals surface area contributed by atoms with Crippen LogP contribution in [0.25, 0.3) is 0 Å². The second-order valence-corrected chi connectivity index (χ2v) is 7.88. The number of benzene rings is 1. The Kier molecular flexibility index (Phi) is 10.5. The molecule has 2 rings (SSSR count). The number of nitrogens with one attached hydrogen (secondary N) is 4. The van der Waals surface area contributed by atoms with Crippen LogP contribution in [0.3, 0.4) is 0 Å². The summed E-state index contributed by atoms with van der Waals surface area (Å²) in [4.78, 5) is 66.9. The number of amides is 3. The summed E-state index contributed by atoms with van der Waals surface area (Å²) >= 11 is 0. The highest BCUT2D eigenvalue weighted by molar-refractivity contribution is 5.95. The third kappa shape index (κ3) is 8.81. The summed E-state index contributed by atoms with van der Waals surface area (Å²) in [5.41, 5.74) is 6.64. The van der Waals surface area contributed by atoms with Crippen LogP contribution in [0.15, 0.2) is 42.9 Å². The van der Waals surface area contributed by atoms with Gasteiger partial charge >= 0.3 is 11.9 Å². The van der Waals surface area contributed by atoms with Crippen LogP contribution in [-0.2, 0) is 36.8 Å². The lowest BCUT2D eigenvalue weighted by atomic mass is 10.1. The third-order valence-electron chi connectivity index (χ3n) is 5.06. The van der Waals surface area contributed by atoms with Gasteiger partial charge in [0.2, 0.25) is 17.7 Å². The van der Waals surface area contributed by atoms with E-state index in [1.54, 1.807) is 30.3 Å². The summed E-state index contributed by atoms with van der Waals surface area (Å²) < 4.78 is 0. The highest BCUT2D eigenvalue weighted by Crippen LogP contribution is 2.05. The van der Waals surface area contributed by atoms with E-state index in [-0.39, 0.29) is 12.8 Å². The number of carbonyl (C=O) groups is 5. The second-order valence-electron chi connectivity index (χ2n) is 7.88. The van der Waals surface area contributed by atoms with E-state index in [2.05, 4.69) is 25.9 Å². The van der Waals surface area contributed by atoms with Gasteiger partial charge in [-0.15, -0.1) is 0 Å². The second kappa shape index (κ2) is 13.6. The number of aliphatic hydroxyl groups excluding tert-OH is 1. The van der Waals surface area contributed by atoms with Crippen molar-refractivity contribution in [2.24, 2.45) is 5.73 Å². The number of carbonyl (C=O) groups excluding carboxylic acids is 3. The predicted molar refractivity (Wildman–Crippen MR) is 123 cm³/mol. The fourth-order valence-electron chi connectivity index (χ4n) is 3.17. The van der Waals surface area contributed by atoms with E-state index in [1.165, 1.54) is 12.5 Å². The molecule has 3 amide bonds. The summed E-state index contributed by atoms with van der Waals surface area (Å²) in [5.74, 6) is -5.40. The number of carboxylic acids is 2. The van der Waals surface area contributed by atoms with E-state index in [1.807, 2.05) is 0 Å². The highest BCUT2D eigenvalue weighted by Gasteiger charge is 2.31. The molecule has 0 radical (unpaired) electrons. The molecule has 2 aromatic rings. The molecule has 1 aromatic heterocycles. The van der Waals surface area contributed by atoms with Crippen LogP contribution in [0.5, 0.6) is 0 Å². The van der Waals surface area contributed by atoms with Crippen LogP contribution < -0.4 is 21.7 Å². The Morgan fingerprint density at radius 2 is 1.50 bits per heavy atom. The van der Waals surface area contributed by atoms with Crippen molar-refractivity contribution in [1.29, 1.82) is 0 Å². The number of aliphatic hydroxyl groups is 1. The quantitative estimate of drug-likeness (QED) is 0.135. The number of imidazole rings is 1. The molecule has 4 unspecified atom stereocenters. The first-order valence-electron chi connectivity index (χ1n) is 10.8. The number of hydrogen-bond acceptors (Lipinski definition) is 8. The maximum Gasteiger partial charge on any atom is 0.326 e. The zero-order valence-corrected chi connectivity index (χ0v) is 19.1. The Hall–Kier alpha value is -4.30. The molecule has 0 aliphatic heterocycles. The number of hydrogen-bond donors (Lipinski definition) is 8. The molecule has 0 spiro atoms. The summed E-state index contributed by atoms with van der Waals surface area (Å²) in [6, 6.07) is 2.92. The van der Waals surface area contributed by atoms with E-state index in [9.17, 15) is 34.2 Å². The molecule has 1 aromatic carbocycles. The molecule has 0 fully saturated rings. The third-order valence-corrected chi connectivity index (χ3v) is 5.06. The van der Waals surface area contributed by atoms with E-state index >= 15 is 0 Å². The van der Waals surface area contributed by atoms with Gasteiger partial charge < -0.3 is 42.0 Å². The molecule has 0 aliphatic rings. The lowest BCUT2D eigenvalue weighted by Crippen LogP contribution is -2.58. The average Bonchev–Trinajstić information content (AvgIpc) is 3.34. The summed E-state index contributed by atoms with van der Waals surface area (Å²) in [6.45, 7) is -0.863. The molecule has 0 bridgehead atoms. The van der Waals surface area contributed by atoms with E-state index in [0.717, 1.165) is 0 Å². The standard InChI is InChI=1S/C22H28N6O8/c23-14(8-18(30)31)19(32)26-15(7-13-9-24-11-25-13)20(33)28-17(10-29)21(34)27-16(22(35)36)6-12-4-2-1-3-5-12/h1-5,9,11,14-17,29H,6-8,10,23H2,(H,24,25)(H,26,32)(H,27,34)(H,28,33)(H,30,31)(H,35,36). The van der Waals surface area contributed by atoms with Gasteiger partial charge in [0, 0.05) is 24.7 Å². The number of rotatable bonds is 14. The van der Waals surface area contributed by atoms with Crippen LogP contribution >= 0.6 is 0 Å². The monoisotopic (exact) mass is 504 g/mol. The van der Waals surface area contributed by atoms with Gasteiger partial charge in [0.1, 0.15) is 18.1 Å². The number of H-pyrrole nitrogens is 1. The fourth-order valence-corrected chi connectivity index (χ4v) is 3.17. The normalized spacial score (nSPS) is 14.1. The van der Waals surface area contributed by atoms with Crippen molar-refractivity contribution >= 4 is 29.7 Å². The molecule has 14 nitrogen and oxygen atoms in total. The number of aromatic nitrogens is 2. The van der Waals surface area contributed by atoms with Gasteiger partial charge in [0.05, 0.1) is 25.4 Å². The van der Waals surface area contributed by atoms with Crippen molar-refractivity contribution in [3.8, 4) is 0 Å². The van der Waals surface area contributed by atoms with Crippen molar-refractivity contribution in [3.05, 3.63) is 54.1 Å². The summed E-state index contributed by atoms with van der Waals surface area (Å²) in [6.07, 6.45) is 1.90. The van der Waals surface area contributed by atoms with Crippen molar-refractivity contribution in [1.82, 2.24) is 25.9 Å². The molecule has 36 heavy (non-hydrogen) atoms. The molecule has 0 saturated heterocycles. The maximum absolute atomic E-state index is 12.9. The van der Waals surface area contributed by atoms with Crippen LogP contribution in [0, 0.1) is 0 Å². The number of aromatic amines is 1. The highest BCUT2D eigenvalue weighted by atomic mass is 16.4. The SMILES string of the molecule is NC(CC(=O)O)C(=O)NC(Cc1cnc[nH]1)C(=O)NC(CO)C(=O)NC(Cc1ccccc1)C(=O)O. The van der Waals surface area contributed by atoms with E-state index < -0.39 is 66.9 Å². The Labute approximate surface area is 205 Å². The number of carboxylic acid groups (broad SMARTS) is 2. The van der Waals surface area contributed by atoms with E-state index in [4.69, 9.17) is 10.8 Å². The molecule has 4 atom stereocenters. The molecule has 0 saturated carbocycles. The number of nitrogens with zero attached hydrogens (tertiary/aromatic N) is 1. The minimum absolute atomic E-state index is 0.0337. The Morgan fingerprint density at radius 3 is 2.06 bits per heavy atom. The van der Waals surface area contributed by atoms with Crippen molar-refractivity contribution in [2.75, 3.05) is 6.61 Å². The van der Waals surface area contributed by atoms with Crippen molar-refractivity contribution in [3.63, 3.8) is 0 Å². The minimum Gasteiger partial charge on any atom is -0.481 e. The van der Waals surface area contributed by atoms with Gasteiger partial charge in [-0.25, -0.2) is 9.78 Å². The molecule has 9 N–H and O–H groups in total. The largest absolute Gasteiger partial charge is 0.481 e.